The number of anilines is 1. The number of nitrogens with two attached hydrogens (primary N) is 1. The molecule has 1 heterocycles. The van der Waals surface area contributed by atoms with Gasteiger partial charge in [0.2, 0.25) is 5.91 Å². The minimum absolute atomic E-state index is 0.0283. The molecular formula is C19H27FN4O4. The zero-order valence-electron chi connectivity index (χ0n) is 16.2. The Kier molecular flexibility index (Phi) is 7.74. The standard InChI is InChI=1S/C19H27FN4O4/c1-13-11-23(7-8-24(13)17(25)6-9-27-2)15-5-3-4-14(19(15)20)12-28-18(26)10-16(21)22/h3-5,13H,6-12H2,1-2H3,(H3,21,22)/t13-/m1/s1. The van der Waals surface area contributed by atoms with Crippen molar-refractivity contribution in [1.29, 1.82) is 5.41 Å². The molecule has 0 unspecified atom stereocenters. The molecule has 1 aliphatic heterocycles. The second-order valence-corrected chi connectivity index (χ2v) is 6.74. The summed E-state index contributed by atoms with van der Waals surface area (Å²) in [6, 6.07) is 4.86. The van der Waals surface area contributed by atoms with Gasteiger partial charge in [0.05, 0.1) is 18.7 Å². The van der Waals surface area contributed by atoms with E-state index in [1.54, 1.807) is 30.2 Å². The van der Waals surface area contributed by atoms with Crippen molar-refractivity contribution in [3.63, 3.8) is 0 Å². The van der Waals surface area contributed by atoms with Gasteiger partial charge < -0.3 is 25.0 Å². The number of halogens is 1. The highest BCUT2D eigenvalue weighted by Gasteiger charge is 2.28. The zero-order chi connectivity index (χ0) is 20.7. The number of esters is 1. The minimum Gasteiger partial charge on any atom is -0.460 e. The van der Waals surface area contributed by atoms with E-state index in [-0.39, 0.29) is 36.4 Å². The number of rotatable bonds is 8. The number of hydrogen-bond acceptors (Lipinski definition) is 6. The molecule has 1 aromatic carbocycles. The first-order valence-electron chi connectivity index (χ1n) is 9.12. The van der Waals surface area contributed by atoms with Crippen LogP contribution in [0.2, 0.25) is 0 Å². The Morgan fingerprint density at radius 1 is 1.36 bits per heavy atom. The Morgan fingerprint density at radius 3 is 2.75 bits per heavy atom. The molecule has 0 radical (unpaired) electrons. The van der Waals surface area contributed by atoms with Gasteiger partial charge in [0.15, 0.2) is 5.82 Å². The van der Waals surface area contributed by atoms with Crippen LogP contribution < -0.4 is 10.6 Å². The van der Waals surface area contributed by atoms with E-state index in [0.717, 1.165) is 0 Å². The molecule has 1 amide bonds. The molecule has 1 atom stereocenters. The van der Waals surface area contributed by atoms with Crippen LogP contribution in [0.1, 0.15) is 25.3 Å². The highest BCUT2D eigenvalue weighted by molar-refractivity contribution is 5.94. The summed E-state index contributed by atoms with van der Waals surface area (Å²) in [4.78, 5) is 27.4. The average Bonchev–Trinajstić information content (AvgIpc) is 2.64. The zero-order valence-corrected chi connectivity index (χ0v) is 16.2. The number of carbonyl (C=O) groups excluding carboxylic acids is 2. The van der Waals surface area contributed by atoms with Crippen LogP contribution in [0, 0.1) is 11.2 Å². The molecule has 1 saturated heterocycles. The molecular weight excluding hydrogens is 367 g/mol. The Morgan fingerprint density at radius 2 is 2.11 bits per heavy atom. The van der Waals surface area contributed by atoms with Crippen LogP contribution in [0.3, 0.4) is 0 Å². The Balaban J connectivity index is 2.01. The van der Waals surface area contributed by atoms with Crippen molar-refractivity contribution in [2.75, 3.05) is 38.3 Å². The first-order valence-corrected chi connectivity index (χ1v) is 9.12. The second-order valence-electron chi connectivity index (χ2n) is 6.74. The Labute approximate surface area is 163 Å². The molecule has 0 bridgehead atoms. The first-order chi connectivity index (χ1) is 13.3. The SMILES string of the molecule is COCCC(=O)N1CCN(c2cccc(COC(=O)CC(=N)N)c2F)C[C@H]1C. The summed E-state index contributed by atoms with van der Waals surface area (Å²) in [6.45, 7) is 3.60. The van der Waals surface area contributed by atoms with E-state index < -0.39 is 11.8 Å². The van der Waals surface area contributed by atoms with Crippen molar-refractivity contribution in [3.05, 3.63) is 29.6 Å². The van der Waals surface area contributed by atoms with Crippen LogP contribution in [0.15, 0.2) is 18.2 Å². The van der Waals surface area contributed by atoms with E-state index in [0.29, 0.717) is 38.3 Å². The average molecular weight is 394 g/mol. The van der Waals surface area contributed by atoms with Crippen molar-refractivity contribution >= 4 is 23.4 Å². The number of methoxy groups -OCH3 is 1. The normalized spacial score (nSPS) is 16.8. The molecule has 2 rings (SSSR count). The molecule has 9 heteroatoms. The second kappa shape index (κ2) is 10.0. The number of benzene rings is 1. The number of nitrogens with one attached hydrogen (secondary N) is 1. The summed E-state index contributed by atoms with van der Waals surface area (Å²) in [6.07, 6.45) is 0.00814. The van der Waals surface area contributed by atoms with Gasteiger partial charge in [-0.3, -0.25) is 15.0 Å². The number of amides is 1. The highest BCUT2D eigenvalue weighted by atomic mass is 19.1. The Bertz CT molecular complexity index is 728. The number of amidine groups is 1. The fourth-order valence-electron chi connectivity index (χ4n) is 3.17. The molecule has 154 valence electrons. The third-order valence-electron chi connectivity index (χ3n) is 4.59. The third kappa shape index (κ3) is 5.66. The number of hydrogen-bond donors (Lipinski definition) is 2. The molecule has 28 heavy (non-hydrogen) atoms. The van der Waals surface area contributed by atoms with Crippen LogP contribution >= 0.6 is 0 Å². The van der Waals surface area contributed by atoms with Crippen molar-refractivity contribution in [2.45, 2.75) is 32.4 Å². The molecule has 8 nitrogen and oxygen atoms in total. The molecule has 3 N–H and O–H groups in total. The van der Waals surface area contributed by atoms with Crippen LogP contribution in [0.4, 0.5) is 10.1 Å². The topological polar surface area (TPSA) is 109 Å². The largest absolute Gasteiger partial charge is 0.460 e. The summed E-state index contributed by atoms with van der Waals surface area (Å²) in [5.41, 5.74) is 5.82. The summed E-state index contributed by atoms with van der Waals surface area (Å²) in [5, 5.41) is 7.08. The maximum absolute atomic E-state index is 14.9. The predicted molar refractivity (Wildman–Crippen MR) is 103 cm³/mol. The molecule has 1 fully saturated rings. The van der Waals surface area contributed by atoms with Crippen molar-refractivity contribution in [3.8, 4) is 0 Å². The number of nitrogens with zero attached hydrogens (tertiary/aromatic N) is 2. The smallest absolute Gasteiger partial charge is 0.313 e. The van der Waals surface area contributed by atoms with Gasteiger partial charge in [0, 0.05) is 38.3 Å². The van der Waals surface area contributed by atoms with Crippen molar-refractivity contribution < 1.29 is 23.5 Å². The minimum atomic E-state index is -0.672. The maximum atomic E-state index is 14.9. The van der Waals surface area contributed by atoms with Gasteiger partial charge in [0.1, 0.15) is 18.9 Å². The lowest BCUT2D eigenvalue weighted by Gasteiger charge is -2.41. The molecule has 0 aromatic heterocycles. The lowest BCUT2D eigenvalue weighted by molar-refractivity contribution is -0.143. The molecule has 0 aliphatic carbocycles. The highest BCUT2D eigenvalue weighted by Crippen LogP contribution is 2.26. The van der Waals surface area contributed by atoms with Crippen LogP contribution in [-0.2, 0) is 25.7 Å². The summed E-state index contributed by atoms with van der Waals surface area (Å²) in [7, 11) is 1.56. The van der Waals surface area contributed by atoms with E-state index in [4.69, 9.17) is 20.6 Å². The number of ether oxygens (including phenoxy) is 2. The number of carbonyl (C=O) groups is 2. The summed E-state index contributed by atoms with van der Waals surface area (Å²) in [5.74, 6) is -1.40. The van der Waals surface area contributed by atoms with Gasteiger partial charge in [-0.1, -0.05) is 12.1 Å². The van der Waals surface area contributed by atoms with Crippen LogP contribution in [-0.4, -0.2) is 62.0 Å². The summed E-state index contributed by atoms with van der Waals surface area (Å²) >= 11 is 0. The summed E-state index contributed by atoms with van der Waals surface area (Å²) < 4.78 is 24.9. The van der Waals surface area contributed by atoms with E-state index in [1.807, 2.05) is 11.8 Å². The molecule has 1 aliphatic rings. The van der Waals surface area contributed by atoms with Gasteiger partial charge >= 0.3 is 5.97 Å². The molecule has 0 spiro atoms. The fraction of sp³-hybridized carbons (Fsp3) is 0.526. The lowest BCUT2D eigenvalue weighted by Crippen LogP contribution is -2.54. The predicted octanol–water partition coefficient (Wildman–Crippen LogP) is 1.27. The maximum Gasteiger partial charge on any atom is 0.313 e. The third-order valence-corrected chi connectivity index (χ3v) is 4.59. The van der Waals surface area contributed by atoms with E-state index in [2.05, 4.69) is 0 Å². The van der Waals surface area contributed by atoms with Gasteiger partial charge in [-0.2, -0.15) is 0 Å². The fourth-order valence-corrected chi connectivity index (χ4v) is 3.17. The molecule has 1 aromatic rings. The van der Waals surface area contributed by atoms with Crippen LogP contribution in [0.5, 0.6) is 0 Å². The van der Waals surface area contributed by atoms with E-state index in [9.17, 15) is 14.0 Å². The van der Waals surface area contributed by atoms with Crippen molar-refractivity contribution in [2.24, 2.45) is 5.73 Å². The van der Waals surface area contributed by atoms with E-state index in [1.165, 1.54) is 0 Å². The van der Waals surface area contributed by atoms with Gasteiger partial charge in [0.25, 0.3) is 0 Å². The number of piperazine rings is 1. The lowest BCUT2D eigenvalue weighted by atomic mass is 10.1. The van der Waals surface area contributed by atoms with Gasteiger partial charge in [-0.25, -0.2) is 4.39 Å². The quantitative estimate of drug-likeness (QED) is 0.390. The van der Waals surface area contributed by atoms with Gasteiger partial charge in [-0.15, -0.1) is 0 Å². The molecule has 0 saturated carbocycles. The first kappa shape index (κ1) is 21.6. The monoisotopic (exact) mass is 394 g/mol. The van der Waals surface area contributed by atoms with Gasteiger partial charge in [-0.05, 0) is 13.0 Å². The van der Waals surface area contributed by atoms with Crippen LogP contribution in [0.25, 0.3) is 0 Å². The van der Waals surface area contributed by atoms with Crippen molar-refractivity contribution in [1.82, 2.24) is 4.90 Å². The van der Waals surface area contributed by atoms with E-state index >= 15 is 0 Å². The Hall–Kier alpha value is -2.68.